The fourth-order valence-corrected chi connectivity index (χ4v) is 5.34. The van der Waals surface area contributed by atoms with E-state index >= 15 is 0 Å². The molecule has 158 valence electrons. The second-order valence-corrected chi connectivity index (χ2v) is 9.91. The fraction of sp³-hybridized carbons (Fsp3) is 0.381. The van der Waals surface area contributed by atoms with Crippen molar-refractivity contribution in [3.63, 3.8) is 0 Å². The highest BCUT2D eigenvalue weighted by Crippen LogP contribution is 2.28. The third-order valence-electron chi connectivity index (χ3n) is 5.34. The van der Waals surface area contributed by atoms with Crippen molar-refractivity contribution in [3.8, 4) is 0 Å². The topological polar surface area (TPSA) is 97.2 Å². The summed E-state index contributed by atoms with van der Waals surface area (Å²) in [7, 11) is -1.41. The molecule has 0 aliphatic carbocycles. The third-order valence-corrected chi connectivity index (χ3v) is 7.21. The Morgan fingerprint density at radius 1 is 1.20 bits per heavy atom. The lowest BCUT2D eigenvalue weighted by molar-refractivity contribution is 0.102. The zero-order chi connectivity index (χ0) is 21.6. The number of hydrogen-bond donors (Lipinski definition) is 1. The number of nitrogens with zero attached hydrogens (tertiary/aromatic N) is 4. The van der Waals surface area contributed by atoms with Gasteiger partial charge in [-0.2, -0.15) is 5.10 Å². The molecule has 30 heavy (non-hydrogen) atoms. The highest BCUT2D eigenvalue weighted by atomic mass is 32.2. The molecule has 0 spiro atoms. The Labute approximate surface area is 176 Å². The van der Waals surface area contributed by atoms with Gasteiger partial charge in [0.05, 0.1) is 28.1 Å². The molecule has 1 aliphatic rings. The van der Waals surface area contributed by atoms with Crippen LogP contribution in [0.2, 0.25) is 0 Å². The summed E-state index contributed by atoms with van der Waals surface area (Å²) in [6, 6.07) is 8.70. The normalized spacial score (nSPS) is 15.8. The molecular weight excluding hydrogens is 402 g/mol. The molecule has 1 fully saturated rings. The number of aryl methyl sites for hydroxylation is 2. The number of carbonyl (C=O) groups excluding carboxylic acids is 1. The summed E-state index contributed by atoms with van der Waals surface area (Å²) in [4.78, 5) is 17.8. The van der Waals surface area contributed by atoms with Crippen LogP contribution >= 0.6 is 0 Å². The summed E-state index contributed by atoms with van der Waals surface area (Å²) in [5.74, 6) is 0.0893. The van der Waals surface area contributed by atoms with Gasteiger partial charge in [-0.05, 0) is 49.6 Å². The Morgan fingerprint density at radius 2 is 1.90 bits per heavy atom. The van der Waals surface area contributed by atoms with E-state index in [0.29, 0.717) is 35.6 Å². The first-order valence-corrected chi connectivity index (χ1v) is 11.5. The summed E-state index contributed by atoms with van der Waals surface area (Å²) in [5, 5.41) is 8.08. The molecule has 8 nitrogen and oxygen atoms in total. The molecule has 4 rings (SSSR count). The summed E-state index contributed by atoms with van der Waals surface area (Å²) in [6.45, 7) is 6.41. The standard InChI is InChI=1S/C21H25N5O3S/c1-13(2)18-12-17(19-14(3)24-25(4)20(19)23-18)21(27)22-15-6-8-16(9-7-15)26-10-5-11-30(26,28)29/h6-9,12-13H,5,10-11H2,1-4H3,(H,22,27). The summed E-state index contributed by atoms with van der Waals surface area (Å²) < 4.78 is 27.3. The van der Waals surface area contributed by atoms with Crippen LogP contribution in [0.3, 0.4) is 0 Å². The van der Waals surface area contributed by atoms with Crippen molar-refractivity contribution in [1.29, 1.82) is 0 Å². The number of pyridine rings is 1. The average molecular weight is 428 g/mol. The van der Waals surface area contributed by atoms with Gasteiger partial charge >= 0.3 is 0 Å². The first kappa shape index (κ1) is 20.3. The van der Waals surface area contributed by atoms with Crippen LogP contribution in [0.4, 0.5) is 11.4 Å². The molecule has 0 saturated carbocycles. The highest BCUT2D eigenvalue weighted by Gasteiger charge is 2.28. The molecular formula is C21H25N5O3S. The van der Waals surface area contributed by atoms with Crippen LogP contribution < -0.4 is 9.62 Å². The monoisotopic (exact) mass is 427 g/mol. The number of sulfonamides is 1. The van der Waals surface area contributed by atoms with Crippen LogP contribution in [0.25, 0.3) is 11.0 Å². The molecule has 0 atom stereocenters. The smallest absolute Gasteiger partial charge is 0.256 e. The van der Waals surface area contributed by atoms with Crippen molar-refractivity contribution >= 4 is 38.3 Å². The number of hydrogen-bond acceptors (Lipinski definition) is 5. The molecule has 9 heteroatoms. The van der Waals surface area contributed by atoms with Gasteiger partial charge in [-0.25, -0.2) is 13.4 Å². The minimum atomic E-state index is -3.23. The highest BCUT2D eigenvalue weighted by molar-refractivity contribution is 7.93. The largest absolute Gasteiger partial charge is 0.322 e. The maximum atomic E-state index is 13.1. The molecule has 1 aromatic carbocycles. The van der Waals surface area contributed by atoms with Gasteiger partial charge in [0.15, 0.2) is 5.65 Å². The Balaban J connectivity index is 1.65. The third kappa shape index (κ3) is 3.54. The first-order valence-electron chi connectivity index (χ1n) is 9.93. The first-order chi connectivity index (χ1) is 14.2. The predicted octanol–water partition coefficient (Wildman–Crippen LogP) is 3.19. The SMILES string of the molecule is Cc1nn(C)c2nc(C(C)C)cc(C(=O)Nc3ccc(N4CCCS4(=O)=O)cc3)c12. The van der Waals surface area contributed by atoms with Crippen molar-refractivity contribution in [2.75, 3.05) is 21.9 Å². The van der Waals surface area contributed by atoms with Crippen LogP contribution in [0.1, 0.15) is 47.9 Å². The van der Waals surface area contributed by atoms with E-state index in [1.54, 1.807) is 28.9 Å². The van der Waals surface area contributed by atoms with E-state index in [-0.39, 0.29) is 17.6 Å². The Morgan fingerprint density at radius 3 is 2.50 bits per heavy atom. The second kappa shape index (κ2) is 7.39. The van der Waals surface area contributed by atoms with E-state index in [0.717, 1.165) is 16.8 Å². The summed E-state index contributed by atoms with van der Waals surface area (Å²) in [6.07, 6.45) is 0.626. The second-order valence-electron chi connectivity index (χ2n) is 7.90. The molecule has 1 aliphatic heterocycles. The lowest BCUT2D eigenvalue weighted by Crippen LogP contribution is -2.25. The maximum absolute atomic E-state index is 13.1. The average Bonchev–Trinajstić information content (AvgIpc) is 3.20. The van der Waals surface area contributed by atoms with E-state index < -0.39 is 10.0 Å². The number of aromatic nitrogens is 3. The van der Waals surface area contributed by atoms with Crippen LogP contribution in [-0.2, 0) is 17.1 Å². The van der Waals surface area contributed by atoms with E-state index in [9.17, 15) is 13.2 Å². The molecule has 0 radical (unpaired) electrons. The van der Waals surface area contributed by atoms with Gasteiger partial charge in [-0.15, -0.1) is 0 Å². The minimum absolute atomic E-state index is 0.165. The van der Waals surface area contributed by atoms with Gasteiger partial charge < -0.3 is 5.32 Å². The number of nitrogens with one attached hydrogen (secondary N) is 1. The van der Waals surface area contributed by atoms with Crippen molar-refractivity contribution in [2.45, 2.75) is 33.1 Å². The predicted molar refractivity (Wildman–Crippen MR) is 117 cm³/mol. The van der Waals surface area contributed by atoms with Gasteiger partial charge in [0.2, 0.25) is 10.0 Å². The lowest BCUT2D eigenvalue weighted by Gasteiger charge is -2.17. The molecule has 3 heterocycles. The van der Waals surface area contributed by atoms with E-state index in [1.807, 2.05) is 33.9 Å². The number of benzene rings is 1. The van der Waals surface area contributed by atoms with Crippen molar-refractivity contribution < 1.29 is 13.2 Å². The van der Waals surface area contributed by atoms with Crippen LogP contribution in [0, 0.1) is 6.92 Å². The van der Waals surface area contributed by atoms with Crippen LogP contribution in [-0.4, -0.2) is 41.4 Å². The summed E-state index contributed by atoms with van der Waals surface area (Å²) in [5.41, 5.74) is 3.99. The summed E-state index contributed by atoms with van der Waals surface area (Å²) >= 11 is 0. The fourth-order valence-electron chi connectivity index (χ4n) is 3.78. The van der Waals surface area contributed by atoms with Crippen molar-refractivity contribution in [2.24, 2.45) is 7.05 Å². The van der Waals surface area contributed by atoms with Gasteiger partial charge in [0.1, 0.15) is 0 Å². The molecule has 1 saturated heterocycles. The van der Waals surface area contributed by atoms with Crippen molar-refractivity contribution in [1.82, 2.24) is 14.8 Å². The molecule has 1 N–H and O–H groups in total. The van der Waals surface area contributed by atoms with Gasteiger partial charge in [0, 0.05) is 25.0 Å². The molecule has 1 amide bonds. The number of anilines is 2. The van der Waals surface area contributed by atoms with Gasteiger partial charge in [-0.1, -0.05) is 13.8 Å². The molecule has 3 aromatic rings. The quantitative estimate of drug-likeness (QED) is 0.690. The maximum Gasteiger partial charge on any atom is 0.256 e. The van der Waals surface area contributed by atoms with Gasteiger partial charge in [0.25, 0.3) is 5.91 Å². The lowest BCUT2D eigenvalue weighted by atomic mass is 10.0. The molecule has 0 unspecified atom stereocenters. The van der Waals surface area contributed by atoms with Crippen LogP contribution in [0.15, 0.2) is 30.3 Å². The van der Waals surface area contributed by atoms with E-state index in [1.165, 1.54) is 4.31 Å². The van der Waals surface area contributed by atoms with E-state index in [4.69, 9.17) is 0 Å². The molecule has 0 bridgehead atoms. The Kier molecular flexibility index (Phi) is 5.01. The van der Waals surface area contributed by atoms with Crippen LogP contribution in [0.5, 0.6) is 0 Å². The minimum Gasteiger partial charge on any atom is -0.322 e. The number of rotatable bonds is 4. The van der Waals surface area contributed by atoms with Gasteiger partial charge in [-0.3, -0.25) is 13.8 Å². The van der Waals surface area contributed by atoms with Crippen molar-refractivity contribution in [3.05, 3.63) is 47.3 Å². The number of amides is 1. The Bertz CT molecular complexity index is 1230. The molecule has 2 aromatic heterocycles. The number of fused-ring (bicyclic) bond motifs is 1. The zero-order valence-electron chi connectivity index (χ0n) is 17.5. The van der Waals surface area contributed by atoms with E-state index in [2.05, 4.69) is 15.4 Å². The zero-order valence-corrected chi connectivity index (χ0v) is 18.3. The number of carbonyl (C=O) groups is 1. The Hall–Kier alpha value is -2.94.